The quantitative estimate of drug-likeness (QED) is 0.671. The lowest BCUT2D eigenvalue weighted by Gasteiger charge is -2.04. The molecule has 3 aromatic rings. The lowest BCUT2D eigenvalue weighted by Crippen LogP contribution is -2.12. The molecule has 3 rings (SSSR count). The number of aromatic nitrogens is 2. The summed E-state index contributed by atoms with van der Waals surface area (Å²) in [5.74, 6) is -1.27. The van der Waals surface area contributed by atoms with Gasteiger partial charge in [0.1, 0.15) is 0 Å². The van der Waals surface area contributed by atoms with E-state index in [9.17, 15) is 9.59 Å². The molecule has 1 amide bonds. The number of rotatable bonds is 5. The van der Waals surface area contributed by atoms with Gasteiger partial charge in [0.2, 0.25) is 0 Å². The zero-order valence-electron chi connectivity index (χ0n) is 11.9. The van der Waals surface area contributed by atoms with Gasteiger partial charge in [0.25, 0.3) is 5.91 Å². The summed E-state index contributed by atoms with van der Waals surface area (Å²) in [4.78, 5) is 24.0. The SMILES string of the molecule is O=C(O)Cc1cccc(NC(=O)c2cc(-c3cccs3)[nH]n2)c1. The molecule has 2 aromatic heterocycles. The first-order chi connectivity index (χ1) is 11.1. The second-order valence-corrected chi connectivity index (χ2v) is 5.82. The van der Waals surface area contributed by atoms with Gasteiger partial charge in [-0.15, -0.1) is 11.3 Å². The highest BCUT2D eigenvalue weighted by molar-refractivity contribution is 7.13. The highest BCUT2D eigenvalue weighted by atomic mass is 32.1. The fourth-order valence-corrected chi connectivity index (χ4v) is 2.82. The van der Waals surface area contributed by atoms with Crippen molar-refractivity contribution in [2.75, 3.05) is 5.32 Å². The van der Waals surface area contributed by atoms with E-state index in [-0.39, 0.29) is 18.0 Å². The number of aliphatic carboxylic acids is 1. The summed E-state index contributed by atoms with van der Waals surface area (Å²) >= 11 is 1.55. The molecule has 0 bridgehead atoms. The van der Waals surface area contributed by atoms with E-state index in [1.807, 2.05) is 17.5 Å². The van der Waals surface area contributed by atoms with Gasteiger partial charge in [0.05, 0.1) is 17.0 Å². The minimum absolute atomic E-state index is 0.0886. The summed E-state index contributed by atoms with van der Waals surface area (Å²) in [6, 6.07) is 12.3. The van der Waals surface area contributed by atoms with Gasteiger partial charge < -0.3 is 10.4 Å². The second-order valence-electron chi connectivity index (χ2n) is 4.87. The number of carboxylic acids is 1. The number of nitrogens with one attached hydrogen (secondary N) is 2. The minimum atomic E-state index is -0.915. The largest absolute Gasteiger partial charge is 0.481 e. The third kappa shape index (κ3) is 3.64. The summed E-state index contributed by atoms with van der Waals surface area (Å²) in [6.07, 6.45) is -0.0886. The maximum atomic E-state index is 12.2. The Balaban J connectivity index is 1.73. The lowest BCUT2D eigenvalue weighted by atomic mass is 10.1. The van der Waals surface area contributed by atoms with Crippen molar-refractivity contribution in [1.29, 1.82) is 0 Å². The van der Waals surface area contributed by atoms with E-state index in [4.69, 9.17) is 5.11 Å². The minimum Gasteiger partial charge on any atom is -0.481 e. The number of anilines is 1. The number of hydrogen-bond donors (Lipinski definition) is 3. The molecule has 2 heterocycles. The molecule has 0 saturated carbocycles. The van der Waals surface area contributed by atoms with E-state index in [1.54, 1.807) is 41.7 Å². The van der Waals surface area contributed by atoms with Gasteiger partial charge in [-0.3, -0.25) is 14.7 Å². The van der Waals surface area contributed by atoms with Crippen molar-refractivity contribution in [3.8, 4) is 10.6 Å². The normalized spacial score (nSPS) is 10.4. The number of carbonyl (C=O) groups excluding carboxylic acids is 1. The Morgan fingerprint density at radius 3 is 2.83 bits per heavy atom. The van der Waals surface area contributed by atoms with Gasteiger partial charge in [-0.05, 0) is 35.2 Å². The van der Waals surface area contributed by atoms with E-state index < -0.39 is 5.97 Å². The van der Waals surface area contributed by atoms with Gasteiger partial charge in [-0.25, -0.2) is 0 Å². The summed E-state index contributed by atoms with van der Waals surface area (Å²) < 4.78 is 0. The number of nitrogens with zero attached hydrogens (tertiary/aromatic N) is 1. The Labute approximate surface area is 135 Å². The van der Waals surface area contributed by atoms with Crippen LogP contribution >= 0.6 is 11.3 Å². The van der Waals surface area contributed by atoms with Crippen molar-refractivity contribution >= 4 is 28.9 Å². The number of thiophene rings is 1. The van der Waals surface area contributed by atoms with Crippen LogP contribution in [0.25, 0.3) is 10.6 Å². The predicted octanol–water partition coefficient (Wildman–Crippen LogP) is 3.02. The van der Waals surface area contributed by atoms with Crippen molar-refractivity contribution in [1.82, 2.24) is 10.2 Å². The number of hydrogen-bond acceptors (Lipinski definition) is 4. The van der Waals surface area contributed by atoms with E-state index in [0.29, 0.717) is 11.3 Å². The highest BCUT2D eigenvalue weighted by Gasteiger charge is 2.12. The first-order valence-corrected chi connectivity index (χ1v) is 7.71. The van der Waals surface area contributed by atoms with Crippen LogP contribution in [0.5, 0.6) is 0 Å². The average molecular weight is 327 g/mol. The molecule has 0 radical (unpaired) electrons. The number of H-pyrrole nitrogens is 1. The Kier molecular flexibility index (Phi) is 4.20. The fourth-order valence-electron chi connectivity index (χ4n) is 2.12. The van der Waals surface area contributed by atoms with E-state index >= 15 is 0 Å². The van der Waals surface area contributed by atoms with Crippen LogP contribution in [0.2, 0.25) is 0 Å². The molecule has 23 heavy (non-hydrogen) atoms. The molecule has 0 atom stereocenters. The van der Waals surface area contributed by atoms with Crippen molar-refractivity contribution in [2.24, 2.45) is 0 Å². The topological polar surface area (TPSA) is 95.1 Å². The van der Waals surface area contributed by atoms with Crippen LogP contribution in [0, 0.1) is 0 Å². The lowest BCUT2D eigenvalue weighted by molar-refractivity contribution is -0.136. The van der Waals surface area contributed by atoms with Crippen molar-refractivity contribution in [3.63, 3.8) is 0 Å². The van der Waals surface area contributed by atoms with Crippen LogP contribution in [0.15, 0.2) is 47.8 Å². The first-order valence-electron chi connectivity index (χ1n) is 6.83. The molecule has 0 aliphatic heterocycles. The van der Waals surface area contributed by atoms with E-state index in [0.717, 1.165) is 10.6 Å². The molecule has 0 spiro atoms. The van der Waals surface area contributed by atoms with Crippen molar-refractivity contribution in [3.05, 3.63) is 59.1 Å². The molecule has 0 saturated heterocycles. The zero-order chi connectivity index (χ0) is 16.2. The number of amides is 1. The van der Waals surface area contributed by atoms with Gasteiger partial charge in [-0.2, -0.15) is 5.10 Å². The molecular formula is C16H13N3O3S. The Bertz CT molecular complexity index is 840. The van der Waals surface area contributed by atoms with E-state index in [1.165, 1.54) is 0 Å². The molecule has 1 aromatic carbocycles. The Hall–Kier alpha value is -2.93. The van der Waals surface area contributed by atoms with Gasteiger partial charge in [-0.1, -0.05) is 18.2 Å². The number of carboxylic acid groups (broad SMARTS) is 1. The molecule has 7 heteroatoms. The second kappa shape index (κ2) is 6.45. The van der Waals surface area contributed by atoms with Crippen molar-refractivity contribution < 1.29 is 14.7 Å². The van der Waals surface area contributed by atoms with Crippen molar-refractivity contribution in [2.45, 2.75) is 6.42 Å². The molecule has 116 valence electrons. The summed E-state index contributed by atoms with van der Waals surface area (Å²) in [6.45, 7) is 0. The highest BCUT2D eigenvalue weighted by Crippen LogP contribution is 2.23. The number of benzene rings is 1. The standard InChI is InChI=1S/C16H13N3O3S/c20-15(21)8-10-3-1-4-11(7-10)17-16(22)13-9-12(18-19-13)14-5-2-6-23-14/h1-7,9H,8H2,(H,17,22)(H,18,19)(H,20,21). The number of aromatic amines is 1. The summed E-state index contributed by atoms with van der Waals surface area (Å²) in [7, 11) is 0. The maximum absolute atomic E-state index is 12.2. The molecule has 0 unspecified atom stereocenters. The van der Waals surface area contributed by atoms with Crippen LogP contribution in [-0.2, 0) is 11.2 Å². The van der Waals surface area contributed by atoms with Gasteiger partial charge >= 0.3 is 5.97 Å². The summed E-state index contributed by atoms with van der Waals surface area (Å²) in [5, 5.41) is 20.3. The smallest absolute Gasteiger partial charge is 0.307 e. The third-order valence-corrected chi connectivity index (χ3v) is 4.04. The maximum Gasteiger partial charge on any atom is 0.307 e. The van der Waals surface area contributed by atoms with Crippen LogP contribution in [0.1, 0.15) is 16.1 Å². The first kappa shape index (κ1) is 15.0. The van der Waals surface area contributed by atoms with E-state index in [2.05, 4.69) is 15.5 Å². The fraction of sp³-hybridized carbons (Fsp3) is 0.0625. The third-order valence-electron chi connectivity index (χ3n) is 3.14. The average Bonchev–Trinajstić information content (AvgIpc) is 3.18. The molecule has 0 aliphatic rings. The predicted molar refractivity (Wildman–Crippen MR) is 87.6 cm³/mol. The van der Waals surface area contributed by atoms with Crippen LogP contribution in [0.3, 0.4) is 0 Å². The van der Waals surface area contributed by atoms with Crippen LogP contribution < -0.4 is 5.32 Å². The number of carbonyl (C=O) groups is 2. The molecular weight excluding hydrogens is 314 g/mol. The monoisotopic (exact) mass is 327 g/mol. The molecule has 3 N–H and O–H groups in total. The van der Waals surface area contributed by atoms with Crippen LogP contribution in [0.4, 0.5) is 5.69 Å². The van der Waals surface area contributed by atoms with Gasteiger partial charge in [0.15, 0.2) is 5.69 Å². The molecule has 6 nitrogen and oxygen atoms in total. The Morgan fingerprint density at radius 2 is 2.09 bits per heavy atom. The molecule has 0 fully saturated rings. The summed E-state index contributed by atoms with van der Waals surface area (Å²) in [5.41, 5.74) is 2.22. The zero-order valence-corrected chi connectivity index (χ0v) is 12.8. The molecule has 0 aliphatic carbocycles. The van der Waals surface area contributed by atoms with Crippen LogP contribution in [-0.4, -0.2) is 27.2 Å². The Morgan fingerprint density at radius 1 is 1.22 bits per heavy atom. The van der Waals surface area contributed by atoms with Gasteiger partial charge in [0, 0.05) is 5.69 Å².